The summed E-state index contributed by atoms with van der Waals surface area (Å²) in [5.74, 6) is 0.902. The van der Waals surface area contributed by atoms with Gasteiger partial charge in [-0.05, 0) is 61.9 Å². The van der Waals surface area contributed by atoms with Crippen LogP contribution in [0, 0.1) is 0 Å². The second-order valence-electron chi connectivity index (χ2n) is 5.76. The van der Waals surface area contributed by atoms with E-state index >= 15 is 0 Å². The lowest BCUT2D eigenvalue weighted by Crippen LogP contribution is -2.30. The van der Waals surface area contributed by atoms with Crippen LogP contribution >= 0.6 is 0 Å². The van der Waals surface area contributed by atoms with Crippen LogP contribution in [0.5, 0.6) is 11.5 Å². The highest BCUT2D eigenvalue weighted by Crippen LogP contribution is 2.18. The van der Waals surface area contributed by atoms with Crippen molar-refractivity contribution in [1.82, 2.24) is 5.32 Å². The summed E-state index contributed by atoms with van der Waals surface area (Å²) in [4.78, 5) is 24.1. The van der Waals surface area contributed by atoms with Crippen LogP contribution in [0.25, 0.3) is 0 Å². The first-order valence-electron chi connectivity index (χ1n) is 8.53. The third-order valence-corrected chi connectivity index (χ3v) is 3.69. The molecule has 2 amide bonds. The van der Waals surface area contributed by atoms with Crippen molar-refractivity contribution in [3.63, 3.8) is 0 Å². The summed E-state index contributed by atoms with van der Waals surface area (Å²) >= 11 is 0. The summed E-state index contributed by atoms with van der Waals surface area (Å²) in [6.45, 7) is 4.30. The van der Waals surface area contributed by atoms with E-state index in [4.69, 9.17) is 9.47 Å². The smallest absolute Gasteiger partial charge is 0.265 e. The number of anilines is 1. The van der Waals surface area contributed by atoms with E-state index in [-0.39, 0.29) is 11.8 Å². The third kappa shape index (κ3) is 5.51. The minimum absolute atomic E-state index is 0.124. The molecule has 0 aliphatic heterocycles. The van der Waals surface area contributed by atoms with Crippen molar-refractivity contribution in [2.75, 3.05) is 19.0 Å². The van der Waals surface area contributed by atoms with Gasteiger partial charge in [0, 0.05) is 17.8 Å². The van der Waals surface area contributed by atoms with Gasteiger partial charge in [0.15, 0.2) is 6.10 Å². The number of benzene rings is 2. The lowest BCUT2D eigenvalue weighted by Gasteiger charge is -2.15. The zero-order chi connectivity index (χ0) is 18.9. The molecule has 0 saturated heterocycles. The Hall–Kier alpha value is -3.02. The average molecular weight is 356 g/mol. The van der Waals surface area contributed by atoms with E-state index in [0.717, 1.165) is 12.2 Å². The fourth-order valence-corrected chi connectivity index (χ4v) is 2.20. The van der Waals surface area contributed by atoms with Crippen LogP contribution in [-0.4, -0.2) is 31.6 Å². The van der Waals surface area contributed by atoms with E-state index in [1.54, 1.807) is 62.6 Å². The Kier molecular flexibility index (Phi) is 7.02. The highest BCUT2D eigenvalue weighted by Gasteiger charge is 2.15. The minimum atomic E-state index is -0.670. The maximum Gasteiger partial charge on any atom is 0.265 e. The molecule has 138 valence electrons. The molecular weight excluding hydrogens is 332 g/mol. The second kappa shape index (κ2) is 9.46. The maximum atomic E-state index is 12.3. The fourth-order valence-electron chi connectivity index (χ4n) is 2.20. The van der Waals surface area contributed by atoms with Crippen molar-refractivity contribution in [3.05, 3.63) is 54.1 Å². The molecule has 0 fully saturated rings. The first-order valence-corrected chi connectivity index (χ1v) is 8.53. The van der Waals surface area contributed by atoms with Gasteiger partial charge in [-0.1, -0.05) is 6.92 Å². The number of nitrogens with one attached hydrogen (secondary N) is 2. The Morgan fingerprint density at radius 1 is 1.00 bits per heavy atom. The number of ether oxygens (including phenoxy) is 2. The Morgan fingerprint density at radius 3 is 2.19 bits per heavy atom. The summed E-state index contributed by atoms with van der Waals surface area (Å²) in [6, 6.07) is 13.8. The van der Waals surface area contributed by atoms with E-state index in [1.165, 1.54) is 0 Å². The number of carbonyl (C=O) groups excluding carboxylic acids is 2. The van der Waals surface area contributed by atoms with Crippen LogP contribution in [0.15, 0.2) is 48.5 Å². The van der Waals surface area contributed by atoms with Crippen LogP contribution in [0.4, 0.5) is 5.69 Å². The van der Waals surface area contributed by atoms with Gasteiger partial charge in [0.05, 0.1) is 7.11 Å². The molecule has 6 nitrogen and oxygen atoms in total. The molecule has 2 aromatic rings. The number of hydrogen-bond acceptors (Lipinski definition) is 4. The van der Waals surface area contributed by atoms with Crippen molar-refractivity contribution < 1.29 is 19.1 Å². The molecule has 0 aromatic heterocycles. The molecule has 0 aliphatic carbocycles. The lowest BCUT2D eigenvalue weighted by molar-refractivity contribution is -0.122. The summed E-state index contributed by atoms with van der Waals surface area (Å²) in [6.07, 6.45) is 0.210. The van der Waals surface area contributed by atoms with Gasteiger partial charge in [-0.3, -0.25) is 9.59 Å². The third-order valence-electron chi connectivity index (χ3n) is 3.69. The Balaban J connectivity index is 1.90. The number of methoxy groups -OCH3 is 1. The number of hydrogen-bond donors (Lipinski definition) is 2. The Morgan fingerprint density at radius 2 is 1.62 bits per heavy atom. The van der Waals surface area contributed by atoms with Crippen molar-refractivity contribution in [1.29, 1.82) is 0 Å². The van der Waals surface area contributed by atoms with Crippen molar-refractivity contribution in [3.8, 4) is 11.5 Å². The molecular formula is C20H24N2O4. The van der Waals surface area contributed by atoms with E-state index in [1.807, 2.05) is 6.92 Å². The molecule has 0 radical (unpaired) electrons. The standard InChI is InChI=1S/C20H24N2O4/c1-4-13-21-20(24)15-5-7-16(8-6-15)22-19(23)14(2)26-18-11-9-17(25-3)10-12-18/h5-12,14H,4,13H2,1-3H3,(H,21,24)(H,22,23). The largest absolute Gasteiger partial charge is 0.497 e. The summed E-state index contributed by atoms with van der Waals surface area (Å²) in [5, 5.41) is 5.58. The molecule has 0 bridgehead atoms. The van der Waals surface area contributed by atoms with E-state index in [2.05, 4.69) is 10.6 Å². The molecule has 0 spiro atoms. The topological polar surface area (TPSA) is 76.7 Å². The Bertz CT molecular complexity index is 726. The fraction of sp³-hybridized carbons (Fsp3) is 0.300. The average Bonchev–Trinajstić information content (AvgIpc) is 2.67. The molecule has 0 saturated carbocycles. The van der Waals surface area contributed by atoms with Gasteiger partial charge in [-0.15, -0.1) is 0 Å². The molecule has 0 heterocycles. The highest BCUT2D eigenvalue weighted by atomic mass is 16.5. The van der Waals surface area contributed by atoms with E-state index in [0.29, 0.717) is 23.5 Å². The number of carbonyl (C=O) groups is 2. The predicted molar refractivity (Wildman–Crippen MR) is 101 cm³/mol. The highest BCUT2D eigenvalue weighted by molar-refractivity contribution is 5.96. The van der Waals surface area contributed by atoms with E-state index in [9.17, 15) is 9.59 Å². The molecule has 1 unspecified atom stereocenters. The second-order valence-corrected chi connectivity index (χ2v) is 5.76. The van der Waals surface area contributed by atoms with E-state index < -0.39 is 6.10 Å². The lowest BCUT2D eigenvalue weighted by atomic mass is 10.2. The minimum Gasteiger partial charge on any atom is -0.497 e. The summed E-state index contributed by atoms with van der Waals surface area (Å²) in [7, 11) is 1.59. The van der Waals surface area contributed by atoms with Gasteiger partial charge in [-0.25, -0.2) is 0 Å². The molecule has 2 aromatic carbocycles. The Labute approximate surface area is 153 Å². The van der Waals surface area contributed by atoms with Crippen LogP contribution in [0.1, 0.15) is 30.6 Å². The van der Waals surface area contributed by atoms with Crippen LogP contribution in [0.2, 0.25) is 0 Å². The molecule has 1 atom stereocenters. The molecule has 2 rings (SSSR count). The van der Waals surface area contributed by atoms with Crippen LogP contribution in [0.3, 0.4) is 0 Å². The number of amides is 2. The molecule has 6 heteroatoms. The predicted octanol–water partition coefficient (Wildman–Crippen LogP) is 3.24. The van der Waals surface area contributed by atoms with Crippen molar-refractivity contribution in [2.45, 2.75) is 26.4 Å². The maximum absolute atomic E-state index is 12.3. The van der Waals surface area contributed by atoms with Gasteiger partial charge >= 0.3 is 0 Å². The van der Waals surface area contributed by atoms with Gasteiger partial charge < -0.3 is 20.1 Å². The zero-order valence-corrected chi connectivity index (χ0v) is 15.2. The van der Waals surface area contributed by atoms with Crippen molar-refractivity contribution in [2.24, 2.45) is 0 Å². The monoisotopic (exact) mass is 356 g/mol. The summed E-state index contributed by atoms with van der Waals surface area (Å²) < 4.78 is 10.7. The van der Waals surface area contributed by atoms with Crippen LogP contribution in [-0.2, 0) is 4.79 Å². The number of rotatable bonds is 8. The summed E-state index contributed by atoms with van der Waals surface area (Å²) in [5.41, 5.74) is 1.16. The molecule has 0 aliphatic rings. The molecule has 2 N–H and O–H groups in total. The van der Waals surface area contributed by atoms with Crippen molar-refractivity contribution >= 4 is 17.5 Å². The zero-order valence-electron chi connectivity index (χ0n) is 15.2. The van der Waals surface area contributed by atoms with Gasteiger partial charge in [0.2, 0.25) is 0 Å². The normalized spacial score (nSPS) is 11.3. The first-order chi connectivity index (χ1) is 12.5. The van der Waals surface area contributed by atoms with Gasteiger partial charge in [0.1, 0.15) is 11.5 Å². The molecule has 26 heavy (non-hydrogen) atoms. The van der Waals surface area contributed by atoms with Gasteiger partial charge in [0.25, 0.3) is 11.8 Å². The first kappa shape index (κ1) is 19.3. The van der Waals surface area contributed by atoms with Crippen LogP contribution < -0.4 is 20.1 Å². The quantitative estimate of drug-likeness (QED) is 0.761. The SMILES string of the molecule is CCCNC(=O)c1ccc(NC(=O)C(C)Oc2ccc(OC)cc2)cc1. The van der Waals surface area contributed by atoms with Gasteiger partial charge in [-0.2, -0.15) is 0 Å².